The summed E-state index contributed by atoms with van der Waals surface area (Å²) in [5.41, 5.74) is -1.49. The molecule has 74 valence electrons. The number of β-amino-alcohol motifs (C(OH)–C–C–N with tert-alkyl or cyclic N) is 1. The molecule has 0 aromatic carbocycles. The second kappa shape index (κ2) is 3.28. The van der Waals surface area contributed by atoms with Crippen LogP contribution in [0.15, 0.2) is 0 Å². The predicted molar refractivity (Wildman–Crippen MR) is 51.1 cm³/mol. The maximum atomic E-state index is 10.3. The lowest BCUT2D eigenvalue weighted by Gasteiger charge is -2.44. The summed E-state index contributed by atoms with van der Waals surface area (Å²) in [6.45, 7) is 5.25. The van der Waals surface area contributed by atoms with Crippen molar-refractivity contribution >= 4 is 0 Å². The fraction of sp³-hybridized carbons (Fsp3) is 0.900. The molecule has 1 atom stereocenters. The first-order chi connectivity index (χ1) is 5.91. The topological polar surface area (TPSA) is 47.3 Å². The molecular formula is C10H18N2O. The van der Waals surface area contributed by atoms with E-state index in [2.05, 4.69) is 11.0 Å². The summed E-state index contributed by atoms with van der Waals surface area (Å²) in [5, 5.41) is 19.3. The Balaban J connectivity index is 2.81. The van der Waals surface area contributed by atoms with Crippen molar-refractivity contribution < 1.29 is 5.11 Å². The van der Waals surface area contributed by atoms with Gasteiger partial charge in [0.05, 0.1) is 17.1 Å². The molecule has 0 aliphatic carbocycles. The first-order valence-electron chi connectivity index (χ1n) is 4.73. The van der Waals surface area contributed by atoms with Crippen molar-refractivity contribution in [2.75, 3.05) is 20.1 Å². The Morgan fingerprint density at radius 3 is 2.62 bits per heavy atom. The van der Waals surface area contributed by atoms with Crippen LogP contribution in [0.3, 0.4) is 0 Å². The van der Waals surface area contributed by atoms with Gasteiger partial charge < -0.3 is 10.0 Å². The summed E-state index contributed by atoms with van der Waals surface area (Å²) in [6.07, 6.45) is 1.70. The van der Waals surface area contributed by atoms with Gasteiger partial charge in [-0.15, -0.1) is 0 Å². The minimum atomic E-state index is -0.839. The SMILES string of the molecule is CN1CCCC(O)(C(C)(C)C#N)C1. The number of rotatable bonds is 1. The van der Waals surface area contributed by atoms with Crippen molar-refractivity contribution in [2.45, 2.75) is 32.3 Å². The van der Waals surface area contributed by atoms with Gasteiger partial charge in [0.15, 0.2) is 0 Å². The van der Waals surface area contributed by atoms with Gasteiger partial charge in [-0.05, 0) is 40.3 Å². The highest BCUT2D eigenvalue weighted by molar-refractivity contribution is 5.08. The van der Waals surface area contributed by atoms with Crippen LogP contribution in [0.25, 0.3) is 0 Å². The lowest BCUT2D eigenvalue weighted by Crippen LogP contribution is -2.54. The van der Waals surface area contributed by atoms with E-state index < -0.39 is 11.0 Å². The van der Waals surface area contributed by atoms with Gasteiger partial charge in [-0.2, -0.15) is 5.26 Å². The van der Waals surface area contributed by atoms with Gasteiger partial charge in [-0.25, -0.2) is 0 Å². The van der Waals surface area contributed by atoms with Gasteiger partial charge in [-0.3, -0.25) is 0 Å². The summed E-state index contributed by atoms with van der Waals surface area (Å²) < 4.78 is 0. The molecule has 0 aromatic heterocycles. The van der Waals surface area contributed by atoms with Crippen LogP contribution in [0.5, 0.6) is 0 Å². The number of likely N-dealkylation sites (tertiary alicyclic amines) is 1. The molecule has 1 fully saturated rings. The zero-order valence-electron chi connectivity index (χ0n) is 8.67. The van der Waals surface area contributed by atoms with E-state index in [1.54, 1.807) is 0 Å². The van der Waals surface area contributed by atoms with E-state index in [1.165, 1.54) is 0 Å². The molecule has 1 aliphatic heterocycles. The smallest absolute Gasteiger partial charge is 0.0954 e. The highest BCUT2D eigenvalue weighted by atomic mass is 16.3. The van der Waals surface area contributed by atoms with E-state index in [0.29, 0.717) is 6.54 Å². The second-order valence-electron chi connectivity index (χ2n) is 4.61. The Bertz CT molecular complexity index is 232. The third-order valence-electron chi connectivity index (χ3n) is 3.10. The van der Waals surface area contributed by atoms with Gasteiger partial charge in [0.25, 0.3) is 0 Å². The third kappa shape index (κ3) is 1.84. The number of hydrogen-bond donors (Lipinski definition) is 1. The van der Waals surface area contributed by atoms with Crippen molar-refractivity contribution in [3.63, 3.8) is 0 Å². The van der Waals surface area contributed by atoms with E-state index in [-0.39, 0.29) is 0 Å². The van der Waals surface area contributed by atoms with Crippen molar-refractivity contribution in [3.05, 3.63) is 0 Å². The Labute approximate surface area is 80.0 Å². The Kier molecular flexibility index (Phi) is 2.65. The Morgan fingerprint density at radius 2 is 2.15 bits per heavy atom. The maximum Gasteiger partial charge on any atom is 0.0954 e. The quantitative estimate of drug-likeness (QED) is 0.658. The molecule has 1 saturated heterocycles. The van der Waals surface area contributed by atoms with Gasteiger partial charge in [0.1, 0.15) is 0 Å². The molecule has 3 heteroatoms. The van der Waals surface area contributed by atoms with Crippen LogP contribution in [0.2, 0.25) is 0 Å². The third-order valence-corrected chi connectivity index (χ3v) is 3.10. The average Bonchev–Trinajstić information content (AvgIpc) is 2.03. The number of nitriles is 1. The van der Waals surface area contributed by atoms with Crippen LogP contribution in [0.4, 0.5) is 0 Å². The van der Waals surface area contributed by atoms with Crippen molar-refractivity contribution in [1.29, 1.82) is 5.26 Å². The van der Waals surface area contributed by atoms with Gasteiger partial charge in [0, 0.05) is 6.54 Å². The van der Waals surface area contributed by atoms with Crippen molar-refractivity contribution in [2.24, 2.45) is 5.41 Å². The van der Waals surface area contributed by atoms with Crippen LogP contribution >= 0.6 is 0 Å². The van der Waals surface area contributed by atoms with Gasteiger partial charge in [-0.1, -0.05) is 0 Å². The molecule has 0 aromatic rings. The number of hydrogen-bond acceptors (Lipinski definition) is 3. The summed E-state index contributed by atoms with van der Waals surface area (Å²) in [6, 6.07) is 2.20. The molecule has 1 heterocycles. The largest absolute Gasteiger partial charge is 0.387 e. The molecule has 1 N–H and O–H groups in total. The summed E-state index contributed by atoms with van der Waals surface area (Å²) in [5.74, 6) is 0. The number of likely N-dealkylation sites (N-methyl/N-ethyl adjacent to an activating group) is 1. The maximum absolute atomic E-state index is 10.3. The number of aliphatic hydroxyl groups is 1. The molecule has 0 saturated carbocycles. The van der Waals surface area contributed by atoms with Crippen LogP contribution in [0, 0.1) is 16.7 Å². The number of piperidine rings is 1. The minimum absolute atomic E-state index is 0.605. The first-order valence-corrected chi connectivity index (χ1v) is 4.73. The molecular weight excluding hydrogens is 164 g/mol. The van der Waals surface area contributed by atoms with Crippen LogP contribution in [0.1, 0.15) is 26.7 Å². The Morgan fingerprint density at radius 1 is 1.54 bits per heavy atom. The number of nitrogens with zero attached hydrogens (tertiary/aromatic N) is 2. The highest BCUT2D eigenvalue weighted by Gasteiger charge is 2.45. The molecule has 0 bridgehead atoms. The standard InChI is InChI=1S/C10H18N2O/c1-9(2,7-11)10(13)5-4-6-12(3)8-10/h13H,4-6,8H2,1-3H3. The van der Waals surface area contributed by atoms with E-state index in [0.717, 1.165) is 19.4 Å². The monoisotopic (exact) mass is 182 g/mol. The fourth-order valence-corrected chi connectivity index (χ4v) is 1.86. The highest BCUT2D eigenvalue weighted by Crippen LogP contribution is 2.36. The van der Waals surface area contributed by atoms with Crippen LogP contribution in [-0.4, -0.2) is 35.7 Å². The Hall–Kier alpha value is -0.590. The lowest BCUT2D eigenvalue weighted by molar-refractivity contribution is -0.0852. The molecule has 1 unspecified atom stereocenters. The lowest BCUT2D eigenvalue weighted by atomic mass is 9.71. The van der Waals surface area contributed by atoms with E-state index in [4.69, 9.17) is 5.26 Å². The van der Waals surface area contributed by atoms with Crippen molar-refractivity contribution in [3.8, 4) is 6.07 Å². The second-order valence-corrected chi connectivity index (χ2v) is 4.61. The fourth-order valence-electron chi connectivity index (χ4n) is 1.86. The first kappa shape index (κ1) is 10.5. The van der Waals surface area contributed by atoms with E-state index >= 15 is 0 Å². The molecule has 13 heavy (non-hydrogen) atoms. The minimum Gasteiger partial charge on any atom is -0.387 e. The van der Waals surface area contributed by atoms with Crippen LogP contribution in [-0.2, 0) is 0 Å². The zero-order valence-corrected chi connectivity index (χ0v) is 8.67. The molecule has 1 rings (SSSR count). The van der Waals surface area contributed by atoms with Gasteiger partial charge >= 0.3 is 0 Å². The molecule has 3 nitrogen and oxygen atoms in total. The summed E-state index contributed by atoms with van der Waals surface area (Å²) >= 11 is 0. The predicted octanol–water partition coefficient (Wildman–Crippen LogP) is 0.993. The molecule has 0 spiro atoms. The van der Waals surface area contributed by atoms with Gasteiger partial charge in [0.2, 0.25) is 0 Å². The molecule has 1 aliphatic rings. The van der Waals surface area contributed by atoms with Crippen LogP contribution < -0.4 is 0 Å². The molecule has 0 radical (unpaired) electrons. The summed E-state index contributed by atoms with van der Waals surface area (Å²) in [7, 11) is 1.98. The summed E-state index contributed by atoms with van der Waals surface area (Å²) in [4.78, 5) is 2.09. The average molecular weight is 182 g/mol. The zero-order chi connectivity index (χ0) is 10.1. The normalized spacial score (nSPS) is 31.3. The molecule has 0 amide bonds. The van der Waals surface area contributed by atoms with E-state index in [1.807, 2.05) is 20.9 Å². The van der Waals surface area contributed by atoms with Crippen molar-refractivity contribution in [1.82, 2.24) is 4.90 Å². The van der Waals surface area contributed by atoms with E-state index in [9.17, 15) is 5.11 Å².